The van der Waals surface area contributed by atoms with E-state index in [1.165, 1.54) is 11.3 Å². The molecule has 0 bridgehead atoms. The fourth-order valence-corrected chi connectivity index (χ4v) is 4.61. The SMILES string of the molecule is Cc1cccc(-n2nc(C(C)(C)C)cc2NC(=O)C2CCN(C(=O)c3cccs3)CC2)c1. The topological polar surface area (TPSA) is 67.2 Å². The van der Waals surface area contributed by atoms with Crippen LogP contribution in [0.3, 0.4) is 0 Å². The third-order valence-corrected chi connectivity index (χ3v) is 6.72. The van der Waals surface area contributed by atoms with Crippen molar-refractivity contribution in [2.45, 2.75) is 46.0 Å². The highest BCUT2D eigenvalue weighted by Gasteiger charge is 2.29. The molecule has 0 aliphatic carbocycles. The molecule has 4 rings (SSSR count). The predicted octanol–water partition coefficient (Wildman–Crippen LogP) is 5.03. The summed E-state index contributed by atoms with van der Waals surface area (Å²) in [4.78, 5) is 28.3. The van der Waals surface area contributed by atoms with Crippen LogP contribution in [0.4, 0.5) is 5.82 Å². The Morgan fingerprint density at radius 2 is 1.84 bits per heavy atom. The van der Waals surface area contributed by atoms with Crippen LogP contribution in [0.25, 0.3) is 5.69 Å². The number of nitrogens with one attached hydrogen (secondary N) is 1. The molecule has 0 atom stereocenters. The van der Waals surface area contributed by atoms with Crippen molar-refractivity contribution in [1.82, 2.24) is 14.7 Å². The first kappa shape index (κ1) is 22.3. The van der Waals surface area contributed by atoms with Gasteiger partial charge in [-0.1, -0.05) is 39.0 Å². The molecular formula is C25H30N4O2S. The van der Waals surface area contributed by atoms with E-state index in [-0.39, 0.29) is 23.1 Å². The molecule has 1 aliphatic rings. The first-order valence-electron chi connectivity index (χ1n) is 11.0. The summed E-state index contributed by atoms with van der Waals surface area (Å²) in [6.07, 6.45) is 1.32. The molecule has 3 heterocycles. The number of hydrogen-bond donors (Lipinski definition) is 1. The Morgan fingerprint density at radius 3 is 2.47 bits per heavy atom. The summed E-state index contributed by atoms with van der Waals surface area (Å²) in [5.74, 6) is 0.609. The number of nitrogens with zero attached hydrogens (tertiary/aromatic N) is 3. The van der Waals surface area contributed by atoms with Crippen molar-refractivity contribution in [2.24, 2.45) is 5.92 Å². The number of amides is 2. The second-order valence-corrected chi connectivity index (χ2v) is 10.4. The zero-order valence-electron chi connectivity index (χ0n) is 19.1. The number of likely N-dealkylation sites (tertiary alicyclic amines) is 1. The Hall–Kier alpha value is -2.93. The number of thiophene rings is 1. The standard InChI is InChI=1S/C25H30N4O2S/c1-17-7-5-8-19(15-17)29-22(16-21(27-29)25(2,3)4)26-23(30)18-10-12-28(13-11-18)24(31)20-9-6-14-32-20/h5-9,14-16,18H,10-13H2,1-4H3,(H,26,30). The maximum Gasteiger partial charge on any atom is 0.263 e. The lowest BCUT2D eigenvalue weighted by Gasteiger charge is -2.31. The lowest BCUT2D eigenvalue weighted by Crippen LogP contribution is -2.41. The average Bonchev–Trinajstić information content (AvgIpc) is 3.43. The van der Waals surface area contributed by atoms with Gasteiger partial charge in [0.05, 0.1) is 16.3 Å². The third-order valence-electron chi connectivity index (χ3n) is 5.86. The minimum absolute atomic E-state index is 0.0116. The van der Waals surface area contributed by atoms with E-state index >= 15 is 0 Å². The molecule has 1 saturated heterocycles. The summed E-state index contributed by atoms with van der Waals surface area (Å²) in [5, 5.41) is 9.84. The molecule has 7 heteroatoms. The highest BCUT2D eigenvalue weighted by molar-refractivity contribution is 7.12. The van der Waals surface area contributed by atoms with Crippen molar-refractivity contribution in [3.63, 3.8) is 0 Å². The molecule has 1 N–H and O–H groups in total. The monoisotopic (exact) mass is 450 g/mol. The minimum atomic E-state index is -0.137. The molecule has 0 radical (unpaired) electrons. The van der Waals surface area contributed by atoms with Crippen molar-refractivity contribution in [2.75, 3.05) is 18.4 Å². The Balaban J connectivity index is 1.48. The average molecular weight is 451 g/mol. The number of aromatic nitrogens is 2. The first-order chi connectivity index (χ1) is 15.2. The zero-order valence-corrected chi connectivity index (χ0v) is 19.9. The van der Waals surface area contributed by atoms with Gasteiger partial charge in [0.15, 0.2) is 0 Å². The van der Waals surface area contributed by atoms with E-state index in [1.54, 1.807) is 0 Å². The van der Waals surface area contributed by atoms with Crippen molar-refractivity contribution in [3.8, 4) is 5.69 Å². The molecule has 0 spiro atoms. The van der Waals surface area contributed by atoms with Gasteiger partial charge in [-0.15, -0.1) is 11.3 Å². The van der Waals surface area contributed by atoms with Crippen LogP contribution in [-0.2, 0) is 10.2 Å². The lowest BCUT2D eigenvalue weighted by molar-refractivity contribution is -0.121. The van der Waals surface area contributed by atoms with Crippen LogP contribution in [0.2, 0.25) is 0 Å². The molecule has 0 saturated carbocycles. The summed E-state index contributed by atoms with van der Waals surface area (Å²) >= 11 is 1.46. The van der Waals surface area contributed by atoms with E-state index in [0.717, 1.165) is 21.8 Å². The molecule has 1 aromatic carbocycles. The van der Waals surface area contributed by atoms with E-state index in [2.05, 4.69) is 32.2 Å². The summed E-state index contributed by atoms with van der Waals surface area (Å²) < 4.78 is 1.82. The number of carbonyl (C=O) groups excluding carboxylic acids is 2. The van der Waals surface area contributed by atoms with E-state index in [4.69, 9.17) is 5.10 Å². The molecular weight excluding hydrogens is 420 g/mol. The quantitative estimate of drug-likeness (QED) is 0.606. The van der Waals surface area contributed by atoms with Gasteiger partial charge in [0.25, 0.3) is 5.91 Å². The van der Waals surface area contributed by atoms with Crippen molar-refractivity contribution in [3.05, 3.63) is 64.0 Å². The van der Waals surface area contributed by atoms with Gasteiger partial charge in [0, 0.05) is 30.5 Å². The van der Waals surface area contributed by atoms with E-state index < -0.39 is 0 Å². The summed E-state index contributed by atoms with van der Waals surface area (Å²) in [6.45, 7) is 9.57. The van der Waals surface area contributed by atoms with Crippen LogP contribution in [-0.4, -0.2) is 39.6 Å². The van der Waals surface area contributed by atoms with Gasteiger partial charge in [0.2, 0.25) is 5.91 Å². The number of rotatable bonds is 4. The predicted molar refractivity (Wildman–Crippen MR) is 129 cm³/mol. The molecule has 2 amide bonds. The van der Waals surface area contributed by atoms with Gasteiger partial charge >= 0.3 is 0 Å². The largest absolute Gasteiger partial charge is 0.338 e. The van der Waals surface area contributed by atoms with Crippen LogP contribution in [0, 0.1) is 12.8 Å². The normalized spacial score (nSPS) is 15.1. The highest BCUT2D eigenvalue weighted by atomic mass is 32.1. The molecule has 0 unspecified atom stereocenters. The second kappa shape index (κ2) is 8.90. The number of carbonyl (C=O) groups is 2. The number of benzene rings is 1. The molecule has 3 aromatic rings. The maximum atomic E-state index is 13.1. The molecule has 2 aromatic heterocycles. The molecule has 32 heavy (non-hydrogen) atoms. The Kier molecular flexibility index (Phi) is 6.20. The van der Waals surface area contributed by atoms with Gasteiger partial charge in [-0.25, -0.2) is 4.68 Å². The number of hydrogen-bond acceptors (Lipinski definition) is 4. The number of piperidine rings is 1. The van der Waals surface area contributed by atoms with Crippen LogP contribution < -0.4 is 5.32 Å². The Bertz CT molecular complexity index is 1100. The molecule has 1 aliphatic heterocycles. The van der Waals surface area contributed by atoms with Crippen LogP contribution >= 0.6 is 11.3 Å². The highest BCUT2D eigenvalue weighted by Crippen LogP contribution is 2.28. The fourth-order valence-electron chi connectivity index (χ4n) is 3.92. The summed E-state index contributed by atoms with van der Waals surface area (Å²) in [5.41, 5.74) is 2.84. The summed E-state index contributed by atoms with van der Waals surface area (Å²) in [7, 11) is 0. The Morgan fingerprint density at radius 1 is 1.09 bits per heavy atom. The lowest BCUT2D eigenvalue weighted by atomic mass is 9.92. The van der Waals surface area contributed by atoms with E-state index in [9.17, 15) is 9.59 Å². The first-order valence-corrected chi connectivity index (χ1v) is 11.9. The van der Waals surface area contributed by atoms with Gasteiger partial charge in [-0.05, 0) is 48.9 Å². The third kappa shape index (κ3) is 4.78. The van der Waals surface area contributed by atoms with Gasteiger partial charge < -0.3 is 10.2 Å². The van der Waals surface area contributed by atoms with Gasteiger partial charge in [-0.3, -0.25) is 9.59 Å². The van der Waals surface area contributed by atoms with Crippen molar-refractivity contribution >= 4 is 29.0 Å². The molecule has 1 fully saturated rings. The Labute approximate surface area is 193 Å². The minimum Gasteiger partial charge on any atom is -0.338 e. The second-order valence-electron chi connectivity index (χ2n) is 9.45. The van der Waals surface area contributed by atoms with E-state index in [0.29, 0.717) is 31.7 Å². The van der Waals surface area contributed by atoms with Gasteiger partial charge in [0.1, 0.15) is 5.82 Å². The van der Waals surface area contributed by atoms with Crippen LogP contribution in [0.1, 0.15) is 54.5 Å². The number of aryl methyl sites for hydroxylation is 1. The van der Waals surface area contributed by atoms with Crippen molar-refractivity contribution < 1.29 is 9.59 Å². The molecule has 168 valence electrons. The van der Waals surface area contributed by atoms with Crippen molar-refractivity contribution in [1.29, 1.82) is 0 Å². The number of anilines is 1. The van der Waals surface area contributed by atoms with E-state index in [1.807, 2.05) is 58.3 Å². The summed E-state index contributed by atoms with van der Waals surface area (Å²) in [6, 6.07) is 13.8. The molecule has 6 nitrogen and oxygen atoms in total. The maximum absolute atomic E-state index is 13.1. The smallest absolute Gasteiger partial charge is 0.263 e. The fraction of sp³-hybridized carbons (Fsp3) is 0.400. The van der Waals surface area contributed by atoms with Crippen LogP contribution in [0.5, 0.6) is 0 Å². The zero-order chi connectivity index (χ0) is 22.9. The van der Waals surface area contributed by atoms with Gasteiger partial charge in [-0.2, -0.15) is 5.10 Å². The van der Waals surface area contributed by atoms with Crippen LogP contribution in [0.15, 0.2) is 47.8 Å².